The smallest absolute Gasteiger partial charge is 0.350 e. The number of likely N-dealkylation sites (N-methyl/N-ethyl adjacent to an activating group) is 1. The average molecular weight is 549 g/mol. The molecule has 17 heteroatoms. The van der Waals surface area contributed by atoms with Crippen molar-refractivity contribution in [3.05, 3.63) is 23.0 Å². The molecule has 204 valence electrons. The molecular formula is C21H28N10O6S. The molecule has 0 bridgehead atoms. The summed E-state index contributed by atoms with van der Waals surface area (Å²) < 4.78 is 0. The minimum atomic E-state index is -1.48. The molecule has 3 heterocycles. The summed E-state index contributed by atoms with van der Waals surface area (Å²) in [6.07, 6.45) is 2.92. The highest BCUT2D eigenvalue weighted by molar-refractivity contribution is 7.13. The highest BCUT2D eigenvalue weighted by Gasteiger charge is 2.55. The molecule has 2 atom stereocenters. The molecule has 0 unspecified atom stereocenters. The van der Waals surface area contributed by atoms with Crippen LogP contribution in [0.25, 0.3) is 0 Å². The monoisotopic (exact) mass is 548 g/mol. The second-order valence-corrected chi connectivity index (χ2v) is 9.82. The number of likely N-dealkylation sites (tertiary alicyclic amines) is 1. The molecule has 16 nitrogen and oxygen atoms in total. The maximum Gasteiger partial charge on any atom is 0.350 e. The first-order valence-corrected chi connectivity index (χ1v) is 12.7. The maximum atomic E-state index is 13.1. The predicted molar refractivity (Wildman–Crippen MR) is 132 cm³/mol. The van der Waals surface area contributed by atoms with E-state index in [9.17, 15) is 24.3 Å². The van der Waals surface area contributed by atoms with Crippen molar-refractivity contribution in [3.8, 4) is 0 Å². The van der Waals surface area contributed by atoms with Gasteiger partial charge in [0.05, 0.1) is 25.3 Å². The normalized spacial score (nSPS) is 20.0. The Morgan fingerprint density at radius 2 is 2.13 bits per heavy atom. The first-order valence-electron chi connectivity index (χ1n) is 11.8. The van der Waals surface area contributed by atoms with E-state index in [2.05, 4.69) is 31.0 Å². The Hall–Kier alpha value is -4.12. The third kappa shape index (κ3) is 5.88. The number of carboxylic acid groups (broad SMARTS) is 1. The van der Waals surface area contributed by atoms with Gasteiger partial charge in [0, 0.05) is 31.7 Å². The fourth-order valence-corrected chi connectivity index (χ4v) is 4.23. The summed E-state index contributed by atoms with van der Waals surface area (Å²) in [4.78, 5) is 61.0. The van der Waals surface area contributed by atoms with Crippen molar-refractivity contribution in [2.75, 3.05) is 19.3 Å². The van der Waals surface area contributed by atoms with Crippen LogP contribution in [0.1, 0.15) is 37.1 Å². The molecule has 2 aromatic heterocycles. The lowest BCUT2D eigenvalue weighted by Gasteiger charge is -2.44. The number of β-lactam (4-membered cyclic amide) rings is 1. The summed E-state index contributed by atoms with van der Waals surface area (Å²) in [5.41, 5.74) is 9.94. The second-order valence-electron chi connectivity index (χ2n) is 8.93. The van der Waals surface area contributed by atoms with Crippen LogP contribution in [0.15, 0.2) is 16.7 Å². The molecule has 38 heavy (non-hydrogen) atoms. The van der Waals surface area contributed by atoms with Gasteiger partial charge in [-0.3, -0.25) is 14.4 Å². The number of amides is 3. The van der Waals surface area contributed by atoms with Gasteiger partial charge >= 0.3 is 5.97 Å². The lowest BCUT2D eigenvalue weighted by Crippen LogP contribution is -2.71. The zero-order valence-electron chi connectivity index (χ0n) is 20.5. The lowest BCUT2D eigenvalue weighted by atomic mass is 9.95. The fraction of sp³-hybridized carbons (Fsp3) is 0.524. The Labute approximate surface area is 220 Å². The molecule has 1 aliphatic carbocycles. The van der Waals surface area contributed by atoms with Crippen LogP contribution in [-0.4, -0.2) is 90.7 Å². The molecule has 7 N–H and O–H groups in total. The molecule has 0 spiro atoms. The number of carbonyl (C=O) groups is 4. The van der Waals surface area contributed by atoms with Gasteiger partial charge < -0.3 is 36.9 Å². The first-order chi connectivity index (χ1) is 18.1. The van der Waals surface area contributed by atoms with Gasteiger partial charge in [-0.15, -0.1) is 11.3 Å². The number of nitrogens with zero attached hydrogens (tertiary/aromatic N) is 6. The summed E-state index contributed by atoms with van der Waals surface area (Å²) in [6, 6.07) is -1.41. The van der Waals surface area contributed by atoms with E-state index in [1.165, 1.54) is 21.3 Å². The highest BCUT2D eigenvalue weighted by Crippen LogP contribution is 2.40. The third-order valence-electron chi connectivity index (χ3n) is 6.18. The van der Waals surface area contributed by atoms with Gasteiger partial charge in [-0.1, -0.05) is 5.16 Å². The van der Waals surface area contributed by atoms with Crippen molar-refractivity contribution < 1.29 is 29.1 Å². The van der Waals surface area contributed by atoms with Gasteiger partial charge in [0.25, 0.3) is 5.91 Å². The molecule has 0 radical (unpaired) electrons. The van der Waals surface area contributed by atoms with Crippen LogP contribution in [0, 0.1) is 0 Å². The third-order valence-corrected chi connectivity index (χ3v) is 6.85. The molecule has 0 aromatic carbocycles. The molecule has 1 aliphatic heterocycles. The number of carbonyl (C=O) groups excluding carboxylic acids is 3. The van der Waals surface area contributed by atoms with Crippen LogP contribution in [-0.2, 0) is 37.1 Å². The van der Waals surface area contributed by atoms with E-state index in [4.69, 9.17) is 16.3 Å². The van der Waals surface area contributed by atoms with Gasteiger partial charge in [0.15, 0.2) is 10.8 Å². The molecule has 1 saturated heterocycles. The van der Waals surface area contributed by atoms with Crippen LogP contribution < -0.4 is 22.1 Å². The maximum absolute atomic E-state index is 13.1. The van der Waals surface area contributed by atoms with Crippen molar-refractivity contribution in [3.63, 3.8) is 0 Å². The fourth-order valence-electron chi connectivity index (χ4n) is 3.69. The molecular weight excluding hydrogens is 520 g/mol. The van der Waals surface area contributed by atoms with E-state index >= 15 is 0 Å². The summed E-state index contributed by atoms with van der Waals surface area (Å²) >= 11 is 1.07. The standard InChI is InChI=1S/C21H28N10O6S/c1-30-13(9-31-25-8-11(28-31)7-24-14(32)3-2-6-22)16(18(30)34)27-17(33)15(12-10-38-20(23)26-12)29-37-21(4-5-21)19(35)36/h8,10,13,16H,2-7,9,22H2,1H3,(H2,23,26)(H,24,32)(H,27,33)(H,35,36)/b29-15-/t13-,16+/m1/s1. The number of rotatable bonds is 13. The number of aromatic nitrogens is 4. The van der Waals surface area contributed by atoms with Crippen LogP contribution >= 0.6 is 11.3 Å². The van der Waals surface area contributed by atoms with Crippen molar-refractivity contribution >= 4 is 45.9 Å². The van der Waals surface area contributed by atoms with Gasteiger partial charge in [0.1, 0.15) is 17.4 Å². The molecule has 2 aliphatic rings. The Kier molecular flexibility index (Phi) is 7.86. The Morgan fingerprint density at radius 1 is 1.37 bits per heavy atom. The van der Waals surface area contributed by atoms with Gasteiger partial charge in [-0.05, 0) is 13.0 Å². The van der Waals surface area contributed by atoms with E-state index < -0.39 is 29.6 Å². The quantitative estimate of drug-likeness (QED) is 0.105. The minimum absolute atomic E-state index is 0.0924. The number of anilines is 1. The molecule has 2 aromatic rings. The molecule has 4 rings (SSSR count). The number of aliphatic carboxylic acids is 1. The molecule has 2 fully saturated rings. The highest BCUT2D eigenvalue weighted by atomic mass is 32.1. The summed E-state index contributed by atoms with van der Waals surface area (Å²) in [5, 5.41) is 28.7. The SMILES string of the molecule is CN1C(=O)[C@@H](NC(=O)/C(=N\OC2(C(=O)O)CC2)c2csc(N)n2)[C@H]1Cn1ncc(CNC(=O)CCCN)n1. The largest absolute Gasteiger partial charge is 0.478 e. The zero-order valence-corrected chi connectivity index (χ0v) is 21.3. The van der Waals surface area contributed by atoms with Crippen LogP contribution in [0.2, 0.25) is 0 Å². The van der Waals surface area contributed by atoms with Crippen molar-refractivity contribution in [1.29, 1.82) is 0 Å². The summed E-state index contributed by atoms with van der Waals surface area (Å²) in [6.45, 7) is 0.788. The second kappa shape index (κ2) is 11.1. The first kappa shape index (κ1) is 26.9. The van der Waals surface area contributed by atoms with Gasteiger partial charge in [0.2, 0.25) is 17.4 Å². The Bertz CT molecular complexity index is 1250. The van der Waals surface area contributed by atoms with E-state index in [1.54, 1.807) is 7.05 Å². The topological polar surface area (TPSA) is 233 Å². The number of hydrogen-bond donors (Lipinski definition) is 5. The van der Waals surface area contributed by atoms with Crippen molar-refractivity contribution in [2.45, 2.75) is 56.5 Å². The number of nitrogens with one attached hydrogen (secondary N) is 2. The molecule has 3 amide bonds. The van der Waals surface area contributed by atoms with Gasteiger partial charge in [-0.2, -0.15) is 15.0 Å². The number of thiazole rings is 1. The number of hydrogen-bond acceptors (Lipinski definition) is 12. The van der Waals surface area contributed by atoms with Crippen LogP contribution in [0.3, 0.4) is 0 Å². The van der Waals surface area contributed by atoms with Crippen molar-refractivity contribution in [2.24, 2.45) is 10.9 Å². The number of nitrogens with two attached hydrogens (primary N) is 2. The van der Waals surface area contributed by atoms with Crippen LogP contribution in [0.5, 0.6) is 0 Å². The van der Waals surface area contributed by atoms with E-state index in [0.29, 0.717) is 25.1 Å². The van der Waals surface area contributed by atoms with Crippen LogP contribution in [0.4, 0.5) is 5.13 Å². The van der Waals surface area contributed by atoms with Crippen molar-refractivity contribution in [1.82, 2.24) is 35.5 Å². The zero-order chi connectivity index (χ0) is 27.4. The lowest BCUT2D eigenvalue weighted by molar-refractivity contribution is -0.153. The molecule has 1 saturated carbocycles. The van der Waals surface area contributed by atoms with Gasteiger partial charge in [-0.25, -0.2) is 9.78 Å². The minimum Gasteiger partial charge on any atom is -0.478 e. The average Bonchev–Trinajstić information content (AvgIpc) is 3.36. The number of carboxylic acids is 1. The van der Waals surface area contributed by atoms with E-state index in [0.717, 1.165) is 11.3 Å². The van der Waals surface area contributed by atoms with E-state index in [-0.39, 0.29) is 54.3 Å². The Morgan fingerprint density at radius 3 is 2.76 bits per heavy atom. The Balaban J connectivity index is 1.41. The number of nitrogen functional groups attached to an aromatic ring is 1. The number of oxime groups is 1. The predicted octanol–water partition coefficient (Wildman–Crippen LogP) is -1.96. The summed E-state index contributed by atoms with van der Waals surface area (Å²) in [5.74, 6) is -2.44. The summed E-state index contributed by atoms with van der Waals surface area (Å²) in [7, 11) is 1.58. The van der Waals surface area contributed by atoms with E-state index in [1.807, 2.05) is 0 Å².